The van der Waals surface area contributed by atoms with Gasteiger partial charge >= 0.3 is 11.9 Å². The van der Waals surface area contributed by atoms with Gasteiger partial charge in [-0.15, -0.1) is 0 Å². The fourth-order valence-corrected chi connectivity index (χ4v) is 3.76. The van der Waals surface area contributed by atoms with Gasteiger partial charge in [0.05, 0.1) is 26.4 Å². The third kappa shape index (κ3) is 6.25. The van der Waals surface area contributed by atoms with Gasteiger partial charge in [0.15, 0.2) is 11.5 Å². The third-order valence-corrected chi connectivity index (χ3v) is 5.54. The van der Waals surface area contributed by atoms with Crippen LogP contribution >= 0.6 is 22.6 Å². The number of nitro benzene ring substituents is 1. The Hall–Kier alpha value is -3.15. The maximum atomic E-state index is 13.0. The number of rotatable bonds is 8. The SMILES string of the molecule is CCOc1cc(C=Nc2ccc(CC)cc2)cc(I)c1Oc1ccc(C(F)(F)F)cc1[N+](=O)[O-]. The monoisotopic (exact) mass is 584 g/mol. The molecule has 0 aliphatic carbocycles. The van der Waals surface area contributed by atoms with Crippen LogP contribution in [0.2, 0.25) is 0 Å². The predicted molar refractivity (Wildman–Crippen MR) is 132 cm³/mol. The highest BCUT2D eigenvalue weighted by atomic mass is 127. The smallest absolute Gasteiger partial charge is 0.416 e. The van der Waals surface area contributed by atoms with Crippen molar-refractivity contribution in [2.24, 2.45) is 4.99 Å². The summed E-state index contributed by atoms with van der Waals surface area (Å²) in [4.78, 5) is 15.0. The van der Waals surface area contributed by atoms with Crippen molar-refractivity contribution >= 4 is 40.2 Å². The molecule has 0 aromatic heterocycles. The Morgan fingerprint density at radius 1 is 1.06 bits per heavy atom. The van der Waals surface area contributed by atoms with E-state index in [0.29, 0.717) is 15.2 Å². The van der Waals surface area contributed by atoms with Crippen LogP contribution in [0.4, 0.5) is 24.5 Å². The van der Waals surface area contributed by atoms with E-state index in [2.05, 4.69) is 11.9 Å². The highest BCUT2D eigenvalue weighted by molar-refractivity contribution is 14.1. The Morgan fingerprint density at radius 3 is 2.35 bits per heavy atom. The molecule has 0 saturated heterocycles. The van der Waals surface area contributed by atoms with Crippen molar-refractivity contribution in [2.45, 2.75) is 26.4 Å². The molecule has 0 amide bonds. The van der Waals surface area contributed by atoms with E-state index < -0.39 is 22.4 Å². The minimum Gasteiger partial charge on any atom is -0.490 e. The van der Waals surface area contributed by atoms with Crippen LogP contribution in [0, 0.1) is 13.7 Å². The molecular formula is C24H20F3IN2O4. The maximum absolute atomic E-state index is 13.0. The summed E-state index contributed by atoms with van der Waals surface area (Å²) in [6, 6.07) is 13.3. The predicted octanol–water partition coefficient (Wildman–Crippen LogP) is 7.72. The number of benzene rings is 3. The lowest BCUT2D eigenvalue weighted by Crippen LogP contribution is -2.06. The Balaban J connectivity index is 1.96. The molecule has 34 heavy (non-hydrogen) atoms. The highest BCUT2D eigenvalue weighted by Gasteiger charge is 2.33. The Labute approximate surface area is 207 Å². The molecule has 0 atom stereocenters. The van der Waals surface area contributed by atoms with Crippen molar-refractivity contribution in [3.8, 4) is 17.2 Å². The molecular weight excluding hydrogens is 564 g/mol. The number of alkyl halides is 3. The largest absolute Gasteiger partial charge is 0.490 e. The number of aliphatic imine (C=N–C) groups is 1. The van der Waals surface area contributed by atoms with Crippen molar-refractivity contribution in [3.05, 3.63) is 85.0 Å². The van der Waals surface area contributed by atoms with Crippen LogP contribution in [0.1, 0.15) is 30.5 Å². The van der Waals surface area contributed by atoms with E-state index in [9.17, 15) is 23.3 Å². The number of ether oxygens (including phenoxy) is 2. The summed E-state index contributed by atoms with van der Waals surface area (Å²) in [6.45, 7) is 4.10. The first-order chi connectivity index (χ1) is 16.1. The van der Waals surface area contributed by atoms with Gasteiger partial charge in [-0.05, 0) is 83.5 Å². The zero-order valence-electron chi connectivity index (χ0n) is 18.2. The number of aryl methyl sites for hydroxylation is 1. The van der Waals surface area contributed by atoms with Crippen molar-refractivity contribution in [1.82, 2.24) is 0 Å². The van der Waals surface area contributed by atoms with Gasteiger partial charge in [0.1, 0.15) is 0 Å². The number of nitro groups is 1. The molecule has 0 radical (unpaired) electrons. The fourth-order valence-electron chi connectivity index (χ4n) is 3.02. The molecule has 3 aromatic carbocycles. The van der Waals surface area contributed by atoms with Gasteiger partial charge in [-0.1, -0.05) is 19.1 Å². The molecule has 0 heterocycles. The molecule has 3 aromatic rings. The third-order valence-electron chi connectivity index (χ3n) is 4.73. The molecule has 0 aliphatic heterocycles. The average molecular weight is 584 g/mol. The topological polar surface area (TPSA) is 74.0 Å². The Morgan fingerprint density at radius 2 is 1.76 bits per heavy atom. The van der Waals surface area contributed by atoms with Crippen LogP contribution in [-0.2, 0) is 12.6 Å². The molecule has 0 aliphatic rings. The summed E-state index contributed by atoms with van der Waals surface area (Å²) in [7, 11) is 0. The van der Waals surface area contributed by atoms with Crippen LogP contribution in [0.15, 0.2) is 59.6 Å². The van der Waals surface area contributed by atoms with Crippen LogP contribution < -0.4 is 9.47 Å². The van der Waals surface area contributed by atoms with Gasteiger partial charge in [-0.2, -0.15) is 13.2 Å². The normalized spacial score (nSPS) is 11.6. The minimum atomic E-state index is -4.72. The van der Waals surface area contributed by atoms with Crippen LogP contribution in [0.5, 0.6) is 17.2 Å². The molecule has 0 unspecified atom stereocenters. The van der Waals surface area contributed by atoms with Crippen molar-refractivity contribution in [3.63, 3.8) is 0 Å². The van der Waals surface area contributed by atoms with Gasteiger partial charge in [0.2, 0.25) is 5.75 Å². The summed E-state index contributed by atoms with van der Waals surface area (Å²) in [5.41, 5.74) is 0.734. The minimum absolute atomic E-state index is 0.162. The Kier molecular flexibility index (Phi) is 8.13. The van der Waals surface area contributed by atoms with Gasteiger partial charge < -0.3 is 9.47 Å². The van der Waals surface area contributed by atoms with Crippen molar-refractivity contribution < 1.29 is 27.6 Å². The fraction of sp³-hybridized carbons (Fsp3) is 0.208. The van der Waals surface area contributed by atoms with E-state index in [1.807, 2.05) is 46.9 Å². The summed E-state index contributed by atoms with van der Waals surface area (Å²) in [5, 5.41) is 11.4. The zero-order chi connectivity index (χ0) is 24.9. The van der Waals surface area contributed by atoms with Crippen molar-refractivity contribution in [1.29, 1.82) is 0 Å². The van der Waals surface area contributed by atoms with E-state index in [0.717, 1.165) is 24.2 Å². The van der Waals surface area contributed by atoms with Crippen molar-refractivity contribution in [2.75, 3.05) is 6.61 Å². The van der Waals surface area contributed by atoms with E-state index in [1.54, 1.807) is 25.3 Å². The Bertz CT molecular complexity index is 1210. The summed E-state index contributed by atoms with van der Waals surface area (Å²) < 4.78 is 50.9. The zero-order valence-corrected chi connectivity index (χ0v) is 20.4. The molecule has 3 rings (SSSR count). The lowest BCUT2D eigenvalue weighted by molar-refractivity contribution is -0.385. The van der Waals surface area contributed by atoms with Gasteiger partial charge in [0, 0.05) is 12.3 Å². The maximum Gasteiger partial charge on any atom is 0.416 e. The van der Waals surface area contributed by atoms with Crippen LogP contribution in [0.3, 0.4) is 0 Å². The van der Waals surface area contributed by atoms with E-state index in [-0.39, 0.29) is 23.9 Å². The molecule has 6 nitrogen and oxygen atoms in total. The molecule has 0 fully saturated rings. The molecule has 178 valence electrons. The van der Waals surface area contributed by atoms with E-state index in [1.165, 1.54) is 5.56 Å². The first-order valence-electron chi connectivity index (χ1n) is 10.2. The molecule has 10 heteroatoms. The van der Waals surface area contributed by atoms with E-state index in [4.69, 9.17) is 9.47 Å². The highest BCUT2D eigenvalue weighted by Crippen LogP contribution is 2.42. The number of nitrogens with zero attached hydrogens (tertiary/aromatic N) is 2. The van der Waals surface area contributed by atoms with Gasteiger partial charge in [0.25, 0.3) is 0 Å². The summed E-state index contributed by atoms with van der Waals surface area (Å²) in [6.07, 6.45) is -2.14. The second kappa shape index (κ2) is 10.9. The second-order valence-electron chi connectivity index (χ2n) is 7.08. The van der Waals surface area contributed by atoms with Crippen LogP contribution in [-0.4, -0.2) is 17.7 Å². The van der Waals surface area contributed by atoms with Gasteiger partial charge in [-0.25, -0.2) is 0 Å². The molecule has 0 bridgehead atoms. The molecule has 0 N–H and O–H groups in total. The number of halogens is 4. The number of hydrogen-bond donors (Lipinski definition) is 0. The first kappa shape index (κ1) is 25.5. The second-order valence-corrected chi connectivity index (χ2v) is 8.24. The average Bonchev–Trinajstić information content (AvgIpc) is 2.79. The summed E-state index contributed by atoms with van der Waals surface area (Å²) in [5.74, 6) is 0.121. The molecule has 0 spiro atoms. The lowest BCUT2D eigenvalue weighted by Gasteiger charge is -2.15. The lowest BCUT2D eigenvalue weighted by atomic mass is 10.1. The summed E-state index contributed by atoms with van der Waals surface area (Å²) >= 11 is 1.97. The molecule has 0 saturated carbocycles. The van der Waals surface area contributed by atoms with Gasteiger partial charge in [-0.3, -0.25) is 15.1 Å². The standard InChI is InChI=1S/C24H20F3IN2O4/c1-3-15-5-8-18(9-6-15)29-14-16-11-19(28)23(22(12-16)33-4-2)34-21-10-7-17(24(25,26)27)13-20(21)30(31)32/h5-14H,3-4H2,1-2H3. The number of hydrogen-bond acceptors (Lipinski definition) is 5. The first-order valence-corrected chi connectivity index (χ1v) is 11.3. The van der Waals surface area contributed by atoms with Crippen LogP contribution in [0.25, 0.3) is 0 Å². The van der Waals surface area contributed by atoms with E-state index >= 15 is 0 Å². The quantitative estimate of drug-likeness (QED) is 0.118.